The molecule has 1 aliphatic carbocycles. The Morgan fingerprint density at radius 1 is 1.33 bits per heavy atom. The maximum atomic E-state index is 12.3. The van der Waals surface area contributed by atoms with Crippen LogP contribution in [0.5, 0.6) is 0 Å². The lowest BCUT2D eigenvalue weighted by Gasteiger charge is -2.37. The Labute approximate surface area is 143 Å². The minimum absolute atomic E-state index is 0.0115. The van der Waals surface area contributed by atoms with Crippen molar-refractivity contribution in [2.45, 2.75) is 52.2 Å². The number of carbonyl (C=O) groups excluding carboxylic acids is 3. The quantitative estimate of drug-likeness (QED) is 0.768. The highest BCUT2D eigenvalue weighted by molar-refractivity contribution is 5.99. The first-order valence-corrected chi connectivity index (χ1v) is 8.63. The Morgan fingerprint density at radius 3 is 2.67 bits per heavy atom. The van der Waals surface area contributed by atoms with Gasteiger partial charge in [0.15, 0.2) is 0 Å². The smallest absolute Gasteiger partial charge is 0.330 e. The van der Waals surface area contributed by atoms with Crippen molar-refractivity contribution in [3.63, 3.8) is 0 Å². The molecule has 1 N–H and O–H groups in total. The van der Waals surface area contributed by atoms with Gasteiger partial charge in [-0.15, -0.1) is 0 Å². The minimum Gasteiger partial charge on any atom is -0.467 e. The standard InChI is InChI=1S/C17H28N2O5/c1-10(2)12-6-5-11(3)7-14(12)24-9-15(20)19-8-13(16(21)23-4)18-17(19)22/h10-14H,5-9H2,1-4H3,(H,18,22)/t11-,12+,13-,14-/m0/s1. The van der Waals surface area contributed by atoms with Crippen molar-refractivity contribution in [2.24, 2.45) is 17.8 Å². The summed E-state index contributed by atoms with van der Waals surface area (Å²) in [4.78, 5) is 36.7. The van der Waals surface area contributed by atoms with Crippen LogP contribution in [0.3, 0.4) is 0 Å². The zero-order valence-corrected chi connectivity index (χ0v) is 14.9. The van der Waals surface area contributed by atoms with Gasteiger partial charge >= 0.3 is 12.0 Å². The Hall–Kier alpha value is -1.63. The summed E-state index contributed by atoms with van der Waals surface area (Å²) >= 11 is 0. The lowest BCUT2D eigenvalue weighted by molar-refractivity contribution is -0.143. The molecule has 0 unspecified atom stereocenters. The number of methoxy groups -OCH3 is 1. The topological polar surface area (TPSA) is 84.9 Å². The average Bonchev–Trinajstić information content (AvgIpc) is 2.93. The highest BCUT2D eigenvalue weighted by atomic mass is 16.5. The lowest BCUT2D eigenvalue weighted by atomic mass is 9.75. The summed E-state index contributed by atoms with van der Waals surface area (Å²) in [6, 6.07) is -1.37. The fourth-order valence-corrected chi connectivity index (χ4v) is 3.59. The fourth-order valence-electron chi connectivity index (χ4n) is 3.59. The van der Waals surface area contributed by atoms with E-state index in [0.29, 0.717) is 17.8 Å². The minimum atomic E-state index is -0.801. The van der Waals surface area contributed by atoms with E-state index in [1.165, 1.54) is 13.5 Å². The van der Waals surface area contributed by atoms with Gasteiger partial charge in [0.1, 0.15) is 12.6 Å². The van der Waals surface area contributed by atoms with Crippen LogP contribution < -0.4 is 5.32 Å². The Balaban J connectivity index is 1.90. The molecule has 1 heterocycles. The zero-order valence-electron chi connectivity index (χ0n) is 14.9. The highest BCUT2D eigenvalue weighted by Crippen LogP contribution is 2.35. The first-order valence-electron chi connectivity index (χ1n) is 8.63. The number of rotatable bonds is 5. The van der Waals surface area contributed by atoms with Crippen LogP contribution in [-0.2, 0) is 19.1 Å². The second-order valence-electron chi connectivity index (χ2n) is 7.21. The van der Waals surface area contributed by atoms with E-state index in [9.17, 15) is 14.4 Å². The fraction of sp³-hybridized carbons (Fsp3) is 0.824. The van der Waals surface area contributed by atoms with Gasteiger partial charge in [0.05, 0.1) is 19.8 Å². The number of amides is 3. The third-order valence-electron chi connectivity index (χ3n) is 5.08. The first-order chi connectivity index (χ1) is 11.3. The first kappa shape index (κ1) is 18.7. The Bertz CT molecular complexity index is 493. The highest BCUT2D eigenvalue weighted by Gasteiger charge is 2.38. The van der Waals surface area contributed by atoms with Crippen molar-refractivity contribution in [3.05, 3.63) is 0 Å². The number of urea groups is 1. The molecule has 4 atom stereocenters. The molecule has 0 aromatic rings. The molecule has 136 valence electrons. The summed E-state index contributed by atoms with van der Waals surface area (Å²) < 4.78 is 10.5. The molecule has 2 fully saturated rings. The third-order valence-corrected chi connectivity index (χ3v) is 5.08. The molecule has 3 amide bonds. The molecular weight excluding hydrogens is 312 g/mol. The molecule has 7 heteroatoms. The maximum Gasteiger partial charge on any atom is 0.330 e. The van der Waals surface area contributed by atoms with Gasteiger partial charge in [-0.2, -0.15) is 0 Å². The number of nitrogens with zero attached hydrogens (tertiary/aromatic N) is 1. The van der Waals surface area contributed by atoms with Crippen LogP contribution in [0, 0.1) is 17.8 Å². The van der Waals surface area contributed by atoms with E-state index in [1.54, 1.807) is 0 Å². The van der Waals surface area contributed by atoms with E-state index in [2.05, 4.69) is 30.8 Å². The summed E-state index contributed by atoms with van der Waals surface area (Å²) in [6.45, 7) is 6.40. The van der Waals surface area contributed by atoms with E-state index in [4.69, 9.17) is 4.74 Å². The van der Waals surface area contributed by atoms with Crippen molar-refractivity contribution in [3.8, 4) is 0 Å². The van der Waals surface area contributed by atoms with Crippen LogP contribution in [0.1, 0.15) is 40.0 Å². The molecule has 0 spiro atoms. The molecule has 1 aliphatic heterocycles. The number of esters is 1. The SMILES string of the molecule is COC(=O)[C@@H]1CN(C(=O)CO[C@H]2C[C@@H](C)CC[C@@H]2C(C)C)C(=O)N1. The van der Waals surface area contributed by atoms with Crippen molar-refractivity contribution in [1.82, 2.24) is 10.2 Å². The lowest BCUT2D eigenvalue weighted by Crippen LogP contribution is -2.40. The normalized spacial score (nSPS) is 30.4. The van der Waals surface area contributed by atoms with Gasteiger partial charge in [0.2, 0.25) is 0 Å². The molecule has 2 rings (SSSR count). The molecule has 1 saturated carbocycles. The number of hydrogen-bond acceptors (Lipinski definition) is 5. The second-order valence-corrected chi connectivity index (χ2v) is 7.21. The van der Waals surface area contributed by atoms with Gasteiger partial charge < -0.3 is 14.8 Å². The van der Waals surface area contributed by atoms with Gasteiger partial charge in [0.25, 0.3) is 5.91 Å². The third kappa shape index (κ3) is 4.26. The van der Waals surface area contributed by atoms with Gasteiger partial charge in [-0.1, -0.05) is 27.2 Å². The molecule has 0 bridgehead atoms. The summed E-state index contributed by atoms with van der Waals surface area (Å²) in [6.07, 6.45) is 3.27. The van der Waals surface area contributed by atoms with Crippen LogP contribution in [0.2, 0.25) is 0 Å². The van der Waals surface area contributed by atoms with Crippen LogP contribution in [0.4, 0.5) is 4.79 Å². The largest absolute Gasteiger partial charge is 0.467 e. The molecule has 0 aromatic carbocycles. The summed E-state index contributed by atoms with van der Waals surface area (Å²) in [5.41, 5.74) is 0. The van der Waals surface area contributed by atoms with Crippen molar-refractivity contribution in [1.29, 1.82) is 0 Å². The zero-order chi connectivity index (χ0) is 17.9. The number of hydrogen-bond donors (Lipinski definition) is 1. The van der Waals surface area contributed by atoms with Crippen LogP contribution in [0.15, 0.2) is 0 Å². The molecular formula is C17H28N2O5. The van der Waals surface area contributed by atoms with Crippen LogP contribution >= 0.6 is 0 Å². The molecule has 7 nitrogen and oxygen atoms in total. The van der Waals surface area contributed by atoms with Crippen molar-refractivity contribution < 1.29 is 23.9 Å². The van der Waals surface area contributed by atoms with Gasteiger partial charge in [-0.25, -0.2) is 9.59 Å². The second kappa shape index (κ2) is 7.96. The maximum absolute atomic E-state index is 12.3. The molecule has 2 aliphatic rings. The molecule has 0 aromatic heterocycles. The predicted octanol–water partition coefficient (Wildman–Crippen LogP) is 1.56. The van der Waals surface area contributed by atoms with Crippen LogP contribution in [0.25, 0.3) is 0 Å². The Morgan fingerprint density at radius 2 is 2.04 bits per heavy atom. The van der Waals surface area contributed by atoms with E-state index >= 15 is 0 Å². The van der Waals surface area contributed by atoms with Crippen molar-refractivity contribution >= 4 is 17.9 Å². The molecule has 0 radical (unpaired) electrons. The molecule has 1 saturated heterocycles. The van der Waals surface area contributed by atoms with Crippen molar-refractivity contribution in [2.75, 3.05) is 20.3 Å². The Kier molecular flexibility index (Phi) is 6.21. The van der Waals surface area contributed by atoms with E-state index in [-0.39, 0.29) is 19.3 Å². The van der Waals surface area contributed by atoms with Crippen LogP contribution in [-0.4, -0.2) is 55.2 Å². The van der Waals surface area contributed by atoms with E-state index in [0.717, 1.165) is 17.7 Å². The van der Waals surface area contributed by atoms with E-state index in [1.807, 2.05) is 0 Å². The van der Waals surface area contributed by atoms with Gasteiger partial charge in [-0.05, 0) is 30.6 Å². The number of imide groups is 1. The van der Waals surface area contributed by atoms with Gasteiger partial charge in [0, 0.05) is 0 Å². The number of carbonyl (C=O) groups is 3. The summed E-state index contributed by atoms with van der Waals surface area (Å²) in [5.74, 6) is 0.541. The average molecular weight is 340 g/mol. The van der Waals surface area contributed by atoms with Gasteiger partial charge in [-0.3, -0.25) is 9.69 Å². The van der Waals surface area contributed by atoms with E-state index < -0.39 is 23.9 Å². The number of nitrogens with one attached hydrogen (secondary N) is 1. The monoisotopic (exact) mass is 340 g/mol. The number of ether oxygens (including phenoxy) is 2. The predicted molar refractivity (Wildman–Crippen MR) is 87.1 cm³/mol. The summed E-state index contributed by atoms with van der Waals surface area (Å²) in [5, 5.41) is 2.44. The molecule has 24 heavy (non-hydrogen) atoms. The summed E-state index contributed by atoms with van der Waals surface area (Å²) in [7, 11) is 1.25.